The van der Waals surface area contributed by atoms with Gasteiger partial charge in [-0.2, -0.15) is 13.2 Å². The van der Waals surface area contributed by atoms with E-state index in [0.29, 0.717) is 0 Å². The fraction of sp³-hybridized carbons (Fsp3) is 0.429. The molecule has 0 unspecified atom stereocenters. The maximum atomic E-state index is 13.1. The number of ketones is 1. The SMILES string of the molecule is O=C1CCC(C(=O)O)(c2ccccc2C(F)(F)F)CC1. The average Bonchev–Trinajstić information content (AvgIpc) is 2.38. The molecule has 0 saturated heterocycles. The lowest BCUT2D eigenvalue weighted by molar-refractivity contribution is -0.148. The highest BCUT2D eigenvalue weighted by molar-refractivity contribution is 5.87. The number of Topliss-reactive ketones (excluding diaryl/α,β-unsaturated/α-hetero) is 1. The van der Waals surface area contributed by atoms with Crippen molar-refractivity contribution in [1.29, 1.82) is 0 Å². The van der Waals surface area contributed by atoms with Crippen molar-refractivity contribution in [3.63, 3.8) is 0 Å². The number of carboxylic acid groups (broad SMARTS) is 1. The minimum absolute atomic E-state index is 0.00150. The summed E-state index contributed by atoms with van der Waals surface area (Å²) in [5.41, 5.74) is -2.80. The summed E-state index contributed by atoms with van der Waals surface area (Å²) in [7, 11) is 0. The second kappa shape index (κ2) is 4.92. The van der Waals surface area contributed by atoms with Crippen LogP contribution >= 0.6 is 0 Å². The van der Waals surface area contributed by atoms with Gasteiger partial charge >= 0.3 is 12.1 Å². The number of alkyl halides is 3. The number of benzene rings is 1. The Morgan fingerprint density at radius 3 is 2.20 bits per heavy atom. The molecule has 1 aliphatic rings. The number of rotatable bonds is 2. The molecule has 0 aliphatic heterocycles. The van der Waals surface area contributed by atoms with Gasteiger partial charge in [0.1, 0.15) is 5.78 Å². The summed E-state index contributed by atoms with van der Waals surface area (Å²) in [5, 5.41) is 9.44. The molecule has 0 aromatic heterocycles. The molecule has 3 nitrogen and oxygen atoms in total. The van der Waals surface area contributed by atoms with E-state index in [-0.39, 0.29) is 37.0 Å². The maximum absolute atomic E-state index is 13.1. The lowest BCUT2D eigenvalue weighted by Crippen LogP contribution is -2.41. The van der Waals surface area contributed by atoms with Gasteiger partial charge in [0.25, 0.3) is 0 Å². The lowest BCUT2D eigenvalue weighted by Gasteiger charge is -2.34. The summed E-state index contributed by atoms with van der Waals surface area (Å²) < 4.78 is 39.2. The third kappa shape index (κ3) is 2.42. The molecule has 2 rings (SSSR count). The molecule has 1 saturated carbocycles. The van der Waals surface area contributed by atoms with Gasteiger partial charge in [-0.05, 0) is 24.5 Å². The Balaban J connectivity index is 2.57. The maximum Gasteiger partial charge on any atom is 0.416 e. The monoisotopic (exact) mass is 286 g/mol. The first-order chi connectivity index (χ1) is 9.27. The van der Waals surface area contributed by atoms with Crippen molar-refractivity contribution in [1.82, 2.24) is 0 Å². The first-order valence-electron chi connectivity index (χ1n) is 6.19. The van der Waals surface area contributed by atoms with E-state index in [4.69, 9.17) is 0 Å². The van der Waals surface area contributed by atoms with E-state index in [0.717, 1.165) is 6.07 Å². The molecule has 20 heavy (non-hydrogen) atoms. The Hall–Kier alpha value is -1.85. The van der Waals surface area contributed by atoms with E-state index in [9.17, 15) is 27.9 Å². The summed E-state index contributed by atoms with van der Waals surface area (Å²) in [5.74, 6) is -1.41. The zero-order valence-corrected chi connectivity index (χ0v) is 10.5. The summed E-state index contributed by atoms with van der Waals surface area (Å²) in [6, 6.07) is 4.71. The van der Waals surface area contributed by atoms with Crippen LogP contribution in [-0.4, -0.2) is 16.9 Å². The van der Waals surface area contributed by atoms with Gasteiger partial charge in [-0.3, -0.25) is 9.59 Å². The molecule has 6 heteroatoms. The molecule has 0 heterocycles. The number of carbonyl (C=O) groups is 2. The minimum atomic E-state index is -4.61. The number of hydrogen-bond acceptors (Lipinski definition) is 2. The molecule has 0 atom stereocenters. The van der Waals surface area contributed by atoms with Crippen LogP contribution in [0.25, 0.3) is 0 Å². The van der Waals surface area contributed by atoms with E-state index in [1.165, 1.54) is 18.2 Å². The predicted octanol–water partition coefficient (Wildman–Crippen LogP) is 3.17. The van der Waals surface area contributed by atoms with Crippen LogP contribution in [0.3, 0.4) is 0 Å². The van der Waals surface area contributed by atoms with Crippen LogP contribution in [0.5, 0.6) is 0 Å². The van der Waals surface area contributed by atoms with E-state index in [2.05, 4.69) is 0 Å². The van der Waals surface area contributed by atoms with Gasteiger partial charge in [0, 0.05) is 12.8 Å². The van der Waals surface area contributed by atoms with Crippen molar-refractivity contribution in [3.05, 3.63) is 35.4 Å². The second-order valence-electron chi connectivity index (χ2n) is 4.97. The molecule has 0 amide bonds. The summed E-state index contributed by atoms with van der Waals surface area (Å²) >= 11 is 0. The van der Waals surface area contributed by atoms with E-state index < -0.39 is 23.1 Å². The highest BCUT2D eigenvalue weighted by Gasteiger charge is 2.48. The quantitative estimate of drug-likeness (QED) is 0.908. The highest BCUT2D eigenvalue weighted by Crippen LogP contribution is 2.44. The van der Waals surface area contributed by atoms with Crippen molar-refractivity contribution in [2.75, 3.05) is 0 Å². The van der Waals surface area contributed by atoms with Gasteiger partial charge < -0.3 is 5.11 Å². The standard InChI is InChI=1S/C14H13F3O3/c15-14(16,17)11-4-2-1-3-10(11)13(12(19)20)7-5-9(18)6-8-13/h1-4H,5-8H2,(H,19,20). The molecular formula is C14H13F3O3. The molecular weight excluding hydrogens is 273 g/mol. The van der Waals surface area contributed by atoms with Crippen molar-refractivity contribution < 1.29 is 27.9 Å². The van der Waals surface area contributed by atoms with Crippen molar-refractivity contribution in [2.45, 2.75) is 37.3 Å². The Labute approximate surface area is 113 Å². The van der Waals surface area contributed by atoms with E-state index in [1.807, 2.05) is 0 Å². The molecule has 0 bridgehead atoms. The fourth-order valence-corrected chi connectivity index (χ4v) is 2.70. The Bertz CT molecular complexity index is 539. The number of carboxylic acids is 1. The topological polar surface area (TPSA) is 54.4 Å². The van der Waals surface area contributed by atoms with Crippen LogP contribution in [0, 0.1) is 0 Å². The van der Waals surface area contributed by atoms with E-state index in [1.54, 1.807) is 0 Å². The highest BCUT2D eigenvalue weighted by atomic mass is 19.4. The first-order valence-corrected chi connectivity index (χ1v) is 6.19. The predicted molar refractivity (Wildman–Crippen MR) is 64.2 cm³/mol. The van der Waals surface area contributed by atoms with Crippen molar-refractivity contribution in [2.24, 2.45) is 0 Å². The Morgan fingerprint density at radius 1 is 1.15 bits per heavy atom. The zero-order chi connectivity index (χ0) is 15.0. The smallest absolute Gasteiger partial charge is 0.416 e. The Kier molecular flexibility index (Phi) is 3.58. The average molecular weight is 286 g/mol. The zero-order valence-electron chi connectivity index (χ0n) is 10.5. The summed E-state index contributed by atoms with van der Waals surface area (Å²) in [6.45, 7) is 0. The van der Waals surface area contributed by atoms with Crippen LogP contribution in [0.4, 0.5) is 13.2 Å². The van der Waals surface area contributed by atoms with E-state index >= 15 is 0 Å². The van der Waals surface area contributed by atoms with Crippen LogP contribution in [0.2, 0.25) is 0 Å². The summed E-state index contributed by atoms with van der Waals surface area (Å²) in [6.07, 6.45) is -4.79. The third-order valence-electron chi connectivity index (χ3n) is 3.82. The largest absolute Gasteiger partial charge is 0.481 e. The van der Waals surface area contributed by atoms with Crippen LogP contribution in [0.15, 0.2) is 24.3 Å². The second-order valence-corrected chi connectivity index (χ2v) is 4.97. The number of carbonyl (C=O) groups excluding carboxylic acids is 1. The van der Waals surface area contributed by atoms with Gasteiger partial charge in [0.15, 0.2) is 0 Å². The normalized spacial score (nSPS) is 18.9. The van der Waals surface area contributed by atoms with Crippen molar-refractivity contribution >= 4 is 11.8 Å². The molecule has 1 aromatic carbocycles. The van der Waals surface area contributed by atoms with Crippen molar-refractivity contribution in [3.8, 4) is 0 Å². The van der Waals surface area contributed by atoms with Crippen LogP contribution in [-0.2, 0) is 21.2 Å². The Morgan fingerprint density at radius 2 is 1.70 bits per heavy atom. The first kappa shape index (κ1) is 14.6. The third-order valence-corrected chi connectivity index (χ3v) is 3.82. The number of halogens is 3. The van der Waals surface area contributed by atoms with Gasteiger partial charge in [0.05, 0.1) is 11.0 Å². The molecule has 1 fully saturated rings. The molecule has 1 aliphatic carbocycles. The molecule has 0 spiro atoms. The van der Waals surface area contributed by atoms with Gasteiger partial charge in [-0.25, -0.2) is 0 Å². The van der Waals surface area contributed by atoms with Gasteiger partial charge in [0.2, 0.25) is 0 Å². The van der Waals surface area contributed by atoms with Crippen LogP contribution < -0.4 is 0 Å². The molecule has 1 N–H and O–H groups in total. The minimum Gasteiger partial charge on any atom is -0.481 e. The molecule has 1 aromatic rings. The number of hydrogen-bond donors (Lipinski definition) is 1. The molecule has 0 radical (unpaired) electrons. The van der Waals surface area contributed by atoms with Gasteiger partial charge in [-0.1, -0.05) is 18.2 Å². The van der Waals surface area contributed by atoms with Crippen LogP contribution in [0.1, 0.15) is 36.8 Å². The summed E-state index contributed by atoms with van der Waals surface area (Å²) in [4.78, 5) is 22.9. The number of aliphatic carboxylic acids is 1. The lowest BCUT2D eigenvalue weighted by atomic mass is 9.68. The van der Waals surface area contributed by atoms with Gasteiger partial charge in [-0.15, -0.1) is 0 Å². The molecule has 108 valence electrons. The fourth-order valence-electron chi connectivity index (χ4n) is 2.70.